The Labute approximate surface area is 110 Å². The highest BCUT2D eigenvalue weighted by atomic mass is 79.9. The van der Waals surface area contributed by atoms with Gasteiger partial charge in [0, 0.05) is 36.0 Å². The van der Waals surface area contributed by atoms with Crippen LogP contribution in [0.15, 0.2) is 28.7 Å². The van der Waals surface area contributed by atoms with Crippen molar-refractivity contribution in [3.63, 3.8) is 0 Å². The van der Waals surface area contributed by atoms with Crippen molar-refractivity contribution in [3.05, 3.63) is 34.3 Å². The zero-order chi connectivity index (χ0) is 12.8. The number of amides is 1. The van der Waals surface area contributed by atoms with E-state index in [2.05, 4.69) is 21.2 Å². The Balaban J connectivity index is 2.44. The molecule has 17 heavy (non-hydrogen) atoms. The molecule has 0 bridgehead atoms. The van der Waals surface area contributed by atoms with Crippen LogP contribution in [0.2, 0.25) is 0 Å². The normalized spacial score (nSPS) is 11.9. The van der Waals surface area contributed by atoms with E-state index in [1.165, 1.54) is 6.92 Å². The van der Waals surface area contributed by atoms with E-state index in [0.717, 1.165) is 10.0 Å². The van der Waals surface area contributed by atoms with E-state index in [1.807, 2.05) is 31.2 Å². The van der Waals surface area contributed by atoms with E-state index < -0.39 is 0 Å². The molecule has 0 aliphatic heterocycles. The molecule has 92 valence electrons. The van der Waals surface area contributed by atoms with Gasteiger partial charge in [0.2, 0.25) is 5.91 Å². The molecule has 0 heterocycles. The predicted molar refractivity (Wildman–Crippen MR) is 73.5 cm³/mol. The molecule has 1 aromatic carbocycles. The van der Waals surface area contributed by atoms with Crippen LogP contribution in [0.25, 0.3) is 0 Å². The summed E-state index contributed by atoms with van der Waals surface area (Å²) in [5.74, 6) is -0.0473. The standard InChI is InChI=1S/C13H17BrN2O/c1-9(16-10(2)17)7-13(15)8-11-3-5-12(14)6-4-11/h3-6,9,15H,7-8H2,1-2H3,(H,16,17). The summed E-state index contributed by atoms with van der Waals surface area (Å²) in [7, 11) is 0. The molecule has 0 fully saturated rings. The second kappa shape index (κ2) is 6.55. The van der Waals surface area contributed by atoms with E-state index in [1.54, 1.807) is 0 Å². The summed E-state index contributed by atoms with van der Waals surface area (Å²) in [4.78, 5) is 10.8. The molecular weight excluding hydrogens is 280 g/mol. The lowest BCUT2D eigenvalue weighted by Crippen LogP contribution is -2.32. The fourth-order valence-electron chi connectivity index (χ4n) is 1.69. The molecule has 1 atom stereocenters. The second-order valence-electron chi connectivity index (χ2n) is 4.21. The van der Waals surface area contributed by atoms with Gasteiger partial charge in [-0.15, -0.1) is 0 Å². The lowest BCUT2D eigenvalue weighted by Gasteiger charge is -2.13. The first-order valence-electron chi connectivity index (χ1n) is 5.55. The Morgan fingerprint density at radius 1 is 1.41 bits per heavy atom. The Bertz CT molecular complexity index is 400. The maximum atomic E-state index is 10.8. The average molecular weight is 297 g/mol. The van der Waals surface area contributed by atoms with Crippen molar-refractivity contribution < 1.29 is 4.79 Å². The Morgan fingerprint density at radius 2 is 2.00 bits per heavy atom. The lowest BCUT2D eigenvalue weighted by atomic mass is 10.0. The first-order valence-corrected chi connectivity index (χ1v) is 6.34. The zero-order valence-electron chi connectivity index (χ0n) is 10.1. The van der Waals surface area contributed by atoms with E-state index in [4.69, 9.17) is 5.41 Å². The van der Waals surface area contributed by atoms with Crippen LogP contribution in [0.4, 0.5) is 0 Å². The molecule has 1 aromatic rings. The summed E-state index contributed by atoms with van der Waals surface area (Å²) >= 11 is 3.38. The number of halogens is 1. The molecule has 0 saturated heterocycles. The van der Waals surface area contributed by atoms with Crippen LogP contribution < -0.4 is 5.32 Å². The van der Waals surface area contributed by atoms with Gasteiger partial charge in [0.25, 0.3) is 0 Å². The van der Waals surface area contributed by atoms with Crippen LogP contribution in [0.5, 0.6) is 0 Å². The lowest BCUT2D eigenvalue weighted by molar-refractivity contribution is -0.119. The number of carbonyl (C=O) groups is 1. The highest BCUT2D eigenvalue weighted by Gasteiger charge is 2.07. The van der Waals surface area contributed by atoms with E-state index >= 15 is 0 Å². The van der Waals surface area contributed by atoms with Crippen LogP contribution >= 0.6 is 15.9 Å². The van der Waals surface area contributed by atoms with Gasteiger partial charge >= 0.3 is 0 Å². The van der Waals surface area contributed by atoms with Crippen molar-refractivity contribution in [1.29, 1.82) is 5.41 Å². The number of rotatable bonds is 5. The second-order valence-corrected chi connectivity index (χ2v) is 5.13. The van der Waals surface area contributed by atoms with Gasteiger partial charge in [0.15, 0.2) is 0 Å². The van der Waals surface area contributed by atoms with E-state index in [-0.39, 0.29) is 11.9 Å². The summed E-state index contributed by atoms with van der Waals surface area (Å²) in [6.45, 7) is 3.41. The van der Waals surface area contributed by atoms with Gasteiger partial charge in [-0.25, -0.2) is 0 Å². The molecule has 0 saturated carbocycles. The highest BCUT2D eigenvalue weighted by Crippen LogP contribution is 2.11. The molecule has 1 rings (SSSR count). The third-order valence-electron chi connectivity index (χ3n) is 2.33. The molecule has 4 heteroatoms. The van der Waals surface area contributed by atoms with Crippen LogP contribution in [0, 0.1) is 5.41 Å². The average Bonchev–Trinajstić information content (AvgIpc) is 2.19. The van der Waals surface area contributed by atoms with Crippen molar-refractivity contribution in [2.75, 3.05) is 0 Å². The van der Waals surface area contributed by atoms with Crippen LogP contribution in [0.3, 0.4) is 0 Å². The fourth-order valence-corrected chi connectivity index (χ4v) is 1.95. The summed E-state index contributed by atoms with van der Waals surface area (Å²) in [5, 5.41) is 10.7. The molecule has 0 aliphatic rings. The van der Waals surface area contributed by atoms with Gasteiger partial charge in [-0.05, 0) is 24.6 Å². The molecule has 3 nitrogen and oxygen atoms in total. The number of carbonyl (C=O) groups excluding carboxylic acids is 1. The summed E-state index contributed by atoms with van der Waals surface area (Å²) in [6.07, 6.45) is 1.23. The van der Waals surface area contributed by atoms with E-state index in [9.17, 15) is 4.79 Å². The molecule has 2 N–H and O–H groups in total. The van der Waals surface area contributed by atoms with Crippen molar-refractivity contribution in [1.82, 2.24) is 5.32 Å². The third kappa shape index (κ3) is 5.63. The minimum Gasteiger partial charge on any atom is -0.354 e. The number of hydrogen-bond acceptors (Lipinski definition) is 2. The third-order valence-corrected chi connectivity index (χ3v) is 2.86. The number of hydrogen-bond donors (Lipinski definition) is 2. The summed E-state index contributed by atoms with van der Waals surface area (Å²) in [6, 6.07) is 7.97. The van der Waals surface area contributed by atoms with Crippen molar-refractivity contribution in [3.8, 4) is 0 Å². The maximum absolute atomic E-state index is 10.8. The molecule has 0 radical (unpaired) electrons. The van der Waals surface area contributed by atoms with Gasteiger partial charge in [-0.3, -0.25) is 4.79 Å². The van der Waals surface area contributed by atoms with Crippen molar-refractivity contribution in [2.45, 2.75) is 32.7 Å². The number of nitrogens with one attached hydrogen (secondary N) is 2. The topological polar surface area (TPSA) is 53.0 Å². The summed E-state index contributed by atoms with van der Waals surface area (Å²) < 4.78 is 1.04. The molecule has 1 unspecified atom stereocenters. The van der Waals surface area contributed by atoms with Gasteiger partial charge in [-0.2, -0.15) is 0 Å². The van der Waals surface area contributed by atoms with Gasteiger partial charge < -0.3 is 10.7 Å². The highest BCUT2D eigenvalue weighted by molar-refractivity contribution is 9.10. The first kappa shape index (κ1) is 13.9. The quantitative estimate of drug-likeness (QED) is 0.807. The Kier molecular flexibility index (Phi) is 5.35. The van der Waals surface area contributed by atoms with E-state index in [0.29, 0.717) is 18.6 Å². The number of benzene rings is 1. The summed E-state index contributed by atoms with van der Waals surface area (Å²) in [5.41, 5.74) is 1.75. The minimum atomic E-state index is -0.0473. The Morgan fingerprint density at radius 3 is 2.53 bits per heavy atom. The smallest absolute Gasteiger partial charge is 0.217 e. The van der Waals surface area contributed by atoms with Crippen molar-refractivity contribution in [2.24, 2.45) is 0 Å². The monoisotopic (exact) mass is 296 g/mol. The predicted octanol–water partition coefficient (Wildman–Crippen LogP) is 2.93. The van der Waals surface area contributed by atoms with Gasteiger partial charge in [0.1, 0.15) is 0 Å². The fraction of sp³-hybridized carbons (Fsp3) is 0.385. The molecular formula is C13H17BrN2O. The Hall–Kier alpha value is -1.16. The van der Waals surface area contributed by atoms with Crippen LogP contribution in [-0.4, -0.2) is 17.7 Å². The van der Waals surface area contributed by atoms with Crippen LogP contribution in [-0.2, 0) is 11.2 Å². The first-order chi connectivity index (χ1) is 7.97. The SMILES string of the molecule is CC(=O)NC(C)CC(=N)Cc1ccc(Br)cc1. The van der Waals surface area contributed by atoms with Gasteiger partial charge in [-0.1, -0.05) is 28.1 Å². The molecule has 0 aromatic heterocycles. The van der Waals surface area contributed by atoms with Gasteiger partial charge in [0.05, 0.1) is 0 Å². The minimum absolute atomic E-state index is 0.0236. The van der Waals surface area contributed by atoms with Crippen LogP contribution in [0.1, 0.15) is 25.8 Å². The molecule has 0 spiro atoms. The zero-order valence-corrected chi connectivity index (χ0v) is 11.7. The maximum Gasteiger partial charge on any atom is 0.217 e. The molecule has 0 aliphatic carbocycles. The molecule has 1 amide bonds. The largest absolute Gasteiger partial charge is 0.354 e. The van der Waals surface area contributed by atoms with Crippen molar-refractivity contribution >= 4 is 27.5 Å².